The number of hydrogen-bond donors (Lipinski definition) is 0. The zero-order chi connectivity index (χ0) is 20.7. The van der Waals surface area contributed by atoms with E-state index in [9.17, 15) is 0 Å². The molecule has 0 aromatic carbocycles. The van der Waals surface area contributed by atoms with Crippen molar-refractivity contribution in [3.63, 3.8) is 0 Å². The van der Waals surface area contributed by atoms with Crippen molar-refractivity contribution in [2.75, 3.05) is 7.11 Å². The Balaban J connectivity index is 1.27. The molecule has 0 saturated heterocycles. The Morgan fingerprint density at radius 3 is 2.77 bits per heavy atom. The molecule has 30 heavy (non-hydrogen) atoms. The first-order chi connectivity index (χ1) is 14.4. The first kappa shape index (κ1) is 20.0. The summed E-state index contributed by atoms with van der Waals surface area (Å²) in [5.74, 6) is 5.22. The smallest absolute Gasteiger partial charge is 0.0797 e. The minimum absolute atomic E-state index is 0.513. The van der Waals surface area contributed by atoms with Gasteiger partial charge in [0.25, 0.3) is 0 Å². The van der Waals surface area contributed by atoms with E-state index in [1.807, 2.05) is 18.8 Å². The molecule has 2 unspecified atom stereocenters. The standard InChI is InChI=1S/C27H39NOS/c1-17(5-6-19-15-28-16-30-19)21-7-8-22-20-13-24(29-4)27-14-18(27)9-12-26(27,3)23(20)10-11-25(21,22)2/h5-6,15-18,20-24H,7-14H2,1-4H3/b6-5+/t17-,18-,20+,21-,22+,23+,24?,25-,26-,27?/m1/s1. The zero-order valence-corrected chi connectivity index (χ0v) is 20.1. The van der Waals surface area contributed by atoms with Gasteiger partial charge in [0, 0.05) is 23.6 Å². The molecule has 0 bridgehead atoms. The van der Waals surface area contributed by atoms with Crippen molar-refractivity contribution in [3.8, 4) is 0 Å². The van der Waals surface area contributed by atoms with Crippen LogP contribution in [0.25, 0.3) is 6.08 Å². The number of aromatic nitrogens is 1. The molecule has 0 aliphatic heterocycles. The molecule has 5 aliphatic carbocycles. The lowest BCUT2D eigenvalue weighted by Crippen LogP contribution is -2.57. The average Bonchev–Trinajstić information content (AvgIpc) is 3.05. The van der Waals surface area contributed by atoms with Gasteiger partial charge in [-0.15, -0.1) is 11.3 Å². The number of methoxy groups -OCH3 is 1. The largest absolute Gasteiger partial charge is 0.381 e. The van der Waals surface area contributed by atoms with Crippen LogP contribution in [0.3, 0.4) is 0 Å². The monoisotopic (exact) mass is 425 g/mol. The number of hydrogen-bond acceptors (Lipinski definition) is 3. The Hall–Kier alpha value is -0.670. The third kappa shape index (κ3) is 2.43. The van der Waals surface area contributed by atoms with Crippen LogP contribution >= 0.6 is 11.3 Å². The van der Waals surface area contributed by atoms with E-state index >= 15 is 0 Å². The van der Waals surface area contributed by atoms with Crippen molar-refractivity contribution in [1.29, 1.82) is 0 Å². The Labute approximate surface area is 186 Å². The van der Waals surface area contributed by atoms with Gasteiger partial charge in [0.15, 0.2) is 0 Å². The first-order valence-corrected chi connectivity index (χ1v) is 13.4. The second kappa shape index (κ2) is 6.67. The topological polar surface area (TPSA) is 22.1 Å². The number of thiazole rings is 1. The summed E-state index contributed by atoms with van der Waals surface area (Å²) in [6.07, 6.45) is 18.9. The number of ether oxygens (including phenoxy) is 1. The fourth-order valence-electron chi connectivity index (χ4n) is 10.2. The maximum Gasteiger partial charge on any atom is 0.0797 e. The summed E-state index contributed by atoms with van der Waals surface area (Å²) in [6.45, 7) is 7.84. The summed E-state index contributed by atoms with van der Waals surface area (Å²) in [4.78, 5) is 5.53. The third-order valence-electron chi connectivity index (χ3n) is 11.6. The van der Waals surface area contributed by atoms with Gasteiger partial charge in [-0.25, -0.2) is 0 Å². The van der Waals surface area contributed by atoms with E-state index in [0.29, 0.717) is 28.3 Å². The molecule has 0 N–H and O–H groups in total. The van der Waals surface area contributed by atoms with Crippen LogP contribution in [0.5, 0.6) is 0 Å². The van der Waals surface area contributed by atoms with Crippen molar-refractivity contribution >= 4 is 17.4 Å². The number of fused-ring (bicyclic) bond motifs is 4. The van der Waals surface area contributed by atoms with Crippen molar-refractivity contribution in [1.82, 2.24) is 4.98 Å². The molecule has 5 fully saturated rings. The predicted molar refractivity (Wildman–Crippen MR) is 124 cm³/mol. The van der Waals surface area contributed by atoms with Crippen LogP contribution in [0, 0.1) is 51.8 Å². The molecular weight excluding hydrogens is 386 g/mol. The molecule has 1 aromatic heterocycles. The van der Waals surface area contributed by atoms with Crippen LogP contribution in [-0.2, 0) is 4.74 Å². The maximum absolute atomic E-state index is 6.28. The van der Waals surface area contributed by atoms with E-state index < -0.39 is 0 Å². The maximum atomic E-state index is 6.28. The van der Waals surface area contributed by atoms with E-state index in [-0.39, 0.29) is 0 Å². The Morgan fingerprint density at radius 2 is 2.03 bits per heavy atom. The van der Waals surface area contributed by atoms with Gasteiger partial charge in [-0.1, -0.05) is 26.8 Å². The van der Waals surface area contributed by atoms with Gasteiger partial charge in [-0.3, -0.25) is 4.98 Å². The lowest BCUT2D eigenvalue weighted by molar-refractivity contribution is -0.160. The zero-order valence-electron chi connectivity index (χ0n) is 19.3. The van der Waals surface area contributed by atoms with Gasteiger partial charge in [0.2, 0.25) is 0 Å². The molecule has 1 heterocycles. The molecule has 1 aromatic rings. The molecule has 10 atom stereocenters. The van der Waals surface area contributed by atoms with Crippen LogP contribution in [0.15, 0.2) is 17.8 Å². The van der Waals surface area contributed by atoms with Gasteiger partial charge < -0.3 is 4.74 Å². The summed E-state index contributed by atoms with van der Waals surface area (Å²) in [5, 5.41) is 0. The molecule has 0 radical (unpaired) electrons. The highest BCUT2D eigenvalue weighted by atomic mass is 32.1. The molecule has 0 amide bonds. The van der Waals surface area contributed by atoms with E-state index in [1.54, 1.807) is 11.3 Å². The third-order valence-corrected chi connectivity index (χ3v) is 12.3. The fourth-order valence-corrected chi connectivity index (χ4v) is 10.7. The molecule has 2 nitrogen and oxygen atoms in total. The van der Waals surface area contributed by atoms with Crippen LogP contribution in [0.1, 0.15) is 77.0 Å². The van der Waals surface area contributed by atoms with E-state index in [4.69, 9.17) is 4.74 Å². The van der Waals surface area contributed by atoms with E-state index in [2.05, 4.69) is 37.9 Å². The Morgan fingerprint density at radius 1 is 1.17 bits per heavy atom. The van der Waals surface area contributed by atoms with E-state index in [1.165, 1.54) is 56.2 Å². The Kier molecular flexibility index (Phi) is 4.44. The van der Waals surface area contributed by atoms with Crippen LogP contribution < -0.4 is 0 Å². The number of nitrogens with zero attached hydrogens (tertiary/aromatic N) is 1. The van der Waals surface area contributed by atoms with Gasteiger partial charge in [0.05, 0.1) is 11.6 Å². The molecule has 164 valence electrons. The molecule has 3 heteroatoms. The van der Waals surface area contributed by atoms with Gasteiger partial charge in [0.1, 0.15) is 0 Å². The summed E-state index contributed by atoms with van der Waals surface area (Å²) in [5.41, 5.74) is 3.56. The second-order valence-electron chi connectivity index (χ2n) is 12.1. The van der Waals surface area contributed by atoms with Crippen molar-refractivity contribution < 1.29 is 4.74 Å². The van der Waals surface area contributed by atoms with Gasteiger partial charge in [-0.2, -0.15) is 0 Å². The second-order valence-corrected chi connectivity index (χ2v) is 13.0. The first-order valence-electron chi connectivity index (χ1n) is 12.5. The van der Waals surface area contributed by atoms with Gasteiger partial charge in [-0.05, 0) is 104 Å². The average molecular weight is 426 g/mol. The summed E-state index contributed by atoms with van der Waals surface area (Å²) < 4.78 is 6.28. The number of rotatable bonds is 4. The SMILES string of the molecule is COC1C[C@H]2[C@@H]3CC[C@H]([C@H](C)/C=C/c4cncs4)[C@@]3(C)CC[C@@H]2[C@@]2(C)CC[C@@H]3CC132. The predicted octanol–water partition coefficient (Wildman–Crippen LogP) is 7.08. The minimum atomic E-state index is 0.513. The highest BCUT2D eigenvalue weighted by molar-refractivity contribution is 7.10. The minimum Gasteiger partial charge on any atom is -0.381 e. The van der Waals surface area contributed by atoms with Crippen LogP contribution in [-0.4, -0.2) is 18.2 Å². The van der Waals surface area contributed by atoms with Crippen molar-refractivity contribution in [3.05, 3.63) is 22.7 Å². The van der Waals surface area contributed by atoms with Crippen LogP contribution in [0.4, 0.5) is 0 Å². The normalized spacial score (nSPS) is 52.5. The summed E-state index contributed by atoms with van der Waals surface area (Å²) >= 11 is 1.75. The molecule has 6 rings (SSSR count). The van der Waals surface area contributed by atoms with Crippen molar-refractivity contribution in [2.45, 2.75) is 78.2 Å². The highest BCUT2D eigenvalue weighted by Gasteiger charge is 2.77. The quantitative estimate of drug-likeness (QED) is 0.514. The summed E-state index contributed by atoms with van der Waals surface area (Å²) in [7, 11) is 2.01. The molecule has 5 aliphatic rings. The lowest BCUT2D eigenvalue weighted by atomic mass is 9.45. The molecule has 1 spiro atoms. The van der Waals surface area contributed by atoms with Crippen molar-refractivity contribution in [2.24, 2.45) is 51.8 Å². The molecule has 5 saturated carbocycles. The lowest BCUT2D eigenvalue weighted by Gasteiger charge is -2.61. The summed E-state index contributed by atoms with van der Waals surface area (Å²) in [6, 6.07) is 0. The highest BCUT2D eigenvalue weighted by Crippen LogP contribution is 2.82. The number of allylic oxidation sites excluding steroid dienone is 1. The fraction of sp³-hybridized carbons (Fsp3) is 0.815. The molecular formula is C27H39NOS. The Bertz CT molecular complexity index is 834. The van der Waals surface area contributed by atoms with E-state index in [0.717, 1.165) is 29.6 Å². The van der Waals surface area contributed by atoms with Crippen LogP contribution in [0.2, 0.25) is 0 Å². The van der Waals surface area contributed by atoms with Gasteiger partial charge >= 0.3 is 0 Å².